The summed E-state index contributed by atoms with van der Waals surface area (Å²) >= 11 is 0. The third kappa shape index (κ3) is 6.23. The summed E-state index contributed by atoms with van der Waals surface area (Å²) in [5, 5.41) is 13.8. The first kappa shape index (κ1) is 14.7. The van der Waals surface area contributed by atoms with E-state index in [2.05, 4.69) is 17.2 Å². The van der Waals surface area contributed by atoms with Crippen molar-refractivity contribution in [1.29, 1.82) is 0 Å². The molecule has 3 N–H and O–H groups in total. The van der Waals surface area contributed by atoms with E-state index in [1.165, 1.54) is 0 Å². The van der Waals surface area contributed by atoms with E-state index in [1.807, 2.05) is 30.3 Å². The molecule has 1 atom stereocenters. The van der Waals surface area contributed by atoms with Gasteiger partial charge in [0.1, 0.15) is 12.8 Å². The van der Waals surface area contributed by atoms with E-state index in [9.17, 15) is 14.7 Å². The minimum absolute atomic E-state index is 0.141. The molecule has 6 nitrogen and oxygen atoms in total. The number of nitrogens with one attached hydrogen (secondary N) is 2. The van der Waals surface area contributed by atoms with Gasteiger partial charge in [-0.1, -0.05) is 36.9 Å². The molecule has 0 heterocycles. The second kappa shape index (κ2) is 7.88. The monoisotopic (exact) mass is 264 g/mol. The van der Waals surface area contributed by atoms with Crippen LogP contribution in [0.1, 0.15) is 5.56 Å². The Bertz CT molecular complexity index is 434. The lowest BCUT2D eigenvalue weighted by atomic mass is 10.2. The number of benzene rings is 1. The first-order chi connectivity index (χ1) is 9.11. The van der Waals surface area contributed by atoms with E-state index in [-0.39, 0.29) is 13.2 Å². The molecule has 0 saturated carbocycles. The maximum Gasteiger partial charge on any atom is 0.407 e. The maximum atomic E-state index is 11.3. The van der Waals surface area contributed by atoms with Crippen molar-refractivity contribution >= 4 is 12.0 Å². The molecule has 0 fully saturated rings. The lowest BCUT2D eigenvalue weighted by Gasteiger charge is -2.12. The molecule has 102 valence electrons. The van der Waals surface area contributed by atoms with Gasteiger partial charge in [-0.3, -0.25) is 4.79 Å². The molecule has 6 heteroatoms. The summed E-state index contributed by atoms with van der Waals surface area (Å²) in [5.41, 5.74) is 0.859. The number of carbonyl (C=O) groups is 2. The summed E-state index contributed by atoms with van der Waals surface area (Å²) in [6.07, 6.45) is -0.831. The van der Waals surface area contributed by atoms with Crippen molar-refractivity contribution in [2.45, 2.75) is 12.8 Å². The van der Waals surface area contributed by atoms with E-state index in [1.54, 1.807) is 0 Å². The van der Waals surface area contributed by atoms with Crippen LogP contribution in [0.3, 0.4) is 0 Å². The Kier molecular flexibility index (Phi) is 6.11. The van der Waals surface area contributed by atoms with E-state index < -0.39 is 18.2 Å². The molecule has 19 heavy (non-hydrogen) atoms. The number of hydrogen-bond donors (Lipinski definition) is 3. The molecule has 0 bridgehead atoms. The Balaban J connectivity index is 2.21. The summed E-state index contributed by atoms with van der Waals surface area (Å²) in [6, 6.07) is 9.19. The van der Waals surface area contributed by atoms with Gasteiger partial charge in [-0.25, -0.2) is 4.79 Å². The maximum absolute atomic E-state index is 11.3. The zero-order valence-corrected chi connectivity index (χ0v) is 10.3. The Morgan fingerprint density at radius 1 is 1.37 bits per heavy atom. The zero-order valence-electron chi connectivity index (χ0n) is 10.3. The van der Waals surface area contributed by atoms with Crippen molar-refractivity contribution in [2.75, 3.05) is 6.54 Å². The highest BCUT2D eigenvalue weighted by atomic mass is 16.5. The van der Waals surface area contributed by atoms with Crippen molar-refractivity contribution in [3.63, 3.8) is 0 Å². The normalized spacial score (nSPS) is 11.2. The fourth-order valence-electron chi connectivity index (χ4n) is 1.23. The third-order valence-corrected chi connectivity index (χ3v) is 2.15. The topological polar surface area (TPSA) is 87.7 Å². The summed E-state index contributed by atoms with van der Waals surface area (Å²) in [7, 11) is 0. The molecular formula is C13H16N2O4. The lowest BCUT2D eigenvalue weighted by Crippen LogP contribution is -2.43. The number of rotatable bonds is 6. The van der Waals surface area contributed by atoms with E-state index >= 15 is 0 Å². The Morgan fingerprint density at radius 2 is 2.05 bits per heavy atom. The predicted molar refractivity (Wildman–Crippen MR) is 69.0 cm³/mol. The van der Waals surface area contributed by atoms with Crippen molar-refractivity contribution in [1.82, 2.24) is 10.6 Å². The quantitative estimate of drug-likeness (QED) is 0.516. The van der Waals surface area contributed by atoms with Crippen molar-refractivity contribution in [3.05, 3.63) is 48.6 Å². The van der Waals surface area contributed by atoms with Gasteiger partial charge < -0.3 is 20.5 Å². The van der Waals surface area contributed by atoms with Crippen LogP contribution < -0.4 is 10.6 Å². The summed E-state index contributed by atoms with van der Waals surface area (Å²) in [5.74, 6) is -0.521. The minimum atomic E-state index is -1.19. The number of aliphatic hydroxyl groups excluding tert-OH is 1. The van der Waals surface area contributed by atoms with Gasteiger partial charge in [-0.05, 0) is 11.6 Å². The molecule has 0 spiro atoms. The highest BCUT2D eigenvalue weighted by molar-refractivity contribution is 5.86. The van der Waals surface area contributed by atoms with Crippen LogP contribution in [0, 0.1) is 0 Å². The van der Waals surface area contributed by atoms with Crippen LogP contribution in [0.15, 0.2) is 43.0 Å². The standard InChI is InChI=1S/C13H16N2O4/c1-2-11(16)15-12(17)8-14-13(18)19-9-10-6-4-3-5-7-10/h2-7,12,17H,1,8-9H2,(H,14,18)(H,15,16). The predicted octanol–water partition coefficient (Wildman–Crippen LogP) is 0.533. The van der Waals surface area contributed by atoms with Crippen molar-refractivity contribution in [3.8, 4) is 0 Å². The van der Waals surface area contributed by atoms with Crippen LogP contribution in [0.4, 0.5) is 4.79 Å². The van der Waals surface area contributed by atoms with Crippen molar-refractivity contribution in [2.24, 2.45) is 0 Å². The summed E-state index contributed by atoms with van der Waals surface area (Å²) in [6.45, 7) is 3.23. The minimum Gasteiger partial charge on any atom is -0.445 e. The average molecular weight is 264 g/mol. The van der Waals surface area contributed by atoms with Crippen LogP contribution in [0.5, 0.6) is 0 Å². The summed E-state index contributed by atoms with van der Waals surface area (Å²) in [4.78, 5) is 22.1. The van der Waals surface area contributed by atoms with Crippen LogP contribution in [0.25, 0.3) is 0 Å². The second-order valence-electron chi connectivity index (χ2n) is 3.67. The van der Waals surface area contributed by atoms with Gasteiger partial charge in [0.15, 0.2) is 0 Å². The second-order valence-corrected chi connectivity index (χ2v) is 3.67. The SMILES string of the molecule is C=CC(=O)NC(O)CNC(=O)OCc1ccccc1. The lowest BCUT2D eigenvalue weighted by molar-refractivity contribution is -0.119. The first-order valence-corrected chi connectivity index (χ1v) is 5.67. The largest absolute Gasteiger partial charge is 0.445 e. The molecule has 0 aromatic heterocycles. The molecule has 1 aromatic carbocycles. The van der Waals surface area contributed by atoms with E-state index in [0.29, 0.717) is 0 Å². The fourth-order valence-corrected chi connectivity index (χ4v) is 1.23. The molecular weight excluding hydrogens is 248 g/mol. The molecule has 0 radical (unpaired) electrons. The van der Waals surface area contributed by atoms with Crippen LogP contribution in [-0.4, -0.2) is 29.9 Å². The summed E-state index contributed by atoms with van der Waals surface area (Å²) < 4.78 is 4.92. The first-order valence-electron chi connectivity index (χ1n) is 5.67. The van der Waals surface area contributed by atoms with Gasteiger partial charge in [-0.15, -0.1) is 0 Å². The highest BCUT2D eigenvalue weighted by Gasteiger charge is 2.08. The van der Waals surface area contributed by atoms with Gasteiger partial charge in [-0.2, -0.15) is 0 Å². The van der Waals surface area contributed by atoms with Crippen molar-refractivity contribution < 1.29 is 19.4 Å². The molecule has 2 amide bonds. The average Bonchev–Trinajstić information content (AvgIpc) is 2.43. The zero-order chi connectivity index (χ0) is 14.1. The smallest absolute Gasteiger partial charge is 0.407 e. The molecule has 0 aliphatic rings. The molecule has 0 aliphatic carbocycles. The Morgan fingerprint density at radius 3 is 2.68 bits per heavy atom. The van der Waals surface area contributed by atoms with E-state index in [0.717, 1.165) is 11.6 Å². The Hall–Kier alpha value is -2.34. The number of ether oxygens (including phenoxy) is 1. The van der Waals surface area contributed by atoms with Crippen LogP contribution >= 0.6 is 0 Å². The molecule has 1 unspecified atom stereocenters. The van der Waals surface area contributed by atoms with Gasteiger partial charge in [0, 0.05) is 0 Å². The highest BCUT2D eigenvalue weighted by Crippen LogP contribution is 2.00. The van der Waals surface area contributed by atoms with Gasteiger partial charge in [0.05, 0.1) is 6.54 Å². The molecule has 0 saturated heterocycles. The Labute approximate surface area is 111 Å². The molecule has 0 aliphatic heterocycles. The number of hydrogen-bond acceptors (Lipinski definition) is 4. The van der Waals surface area contributed by atoms with Gasteiger partial charge in [0.2, 0.25) is 5.91 Å². The number of amides is 2. The fraction of sp³-hybridized carbons (Fsp3) is 0.231. The van der Waals surface area contributed by atoms with E-state index in [4.69, 9.17) is 4.74 Å². The van der Waals surface area contributed by atoms with Crippen LogP contribution in [0.2, 0.25) is 0 Å². The van der Waals surface area contributed by atoms with Gasteiger partial charge in [0.25, 0.3) is 0 Å². The third-order valence-electron chi connectivity index (χ3n) is 2.15. The van der Waals surface area contributed by atoms with Gasteiger partial charge >= 0.3 is 6.09 Å². The number of alkyl carbamates (subject to hydrolysis) is 1. The number of aliphatic hydroxyl groups is 1. The van der Waals surface area contributed by atoms with Crippen LogP contribution in [-0.2, 0) is 16.1 Å². The molecule has 1 rings (SSSR count). The molecule has 1 aromatic rings. The number of carbonyl (C=O) groups excluding carboxylic acids is 2.